The fourth-order valence-electron chi connectivity index (χ4n) is 1.94. The van der Waals surface area contributed by atoms with Gasteiger partial charge in [0.05, 0.1) is 12.3 Å². The molecular formula is C12H20N4O2. The van der Waals surface area contributed by atoms with E-state index in [1.165, 1.54) is 12.8 Å². The van der Waals surface area contributed by atoms with Gasteiger partial charge in [0.2, 0.25) is 0 Å². The van der Waals surface area contributed by atoms with Gasteiger partial charge in [-0.25, -0.2) is 15.8 Å². The average Bonchev–Trinajstić information content (AvgIpc) is 3.20. The molecule has 1 fully saturated rings. The van der Waals surface area contributed by atoms with Crippen molar-refractivity contribution in [3.05, 3.63) is 17.6 Å². The van der Waals surface area contributed by atoms with Crippen molar-refractivity contribution < 1.29 is 9.47 Å². The molecule has 0 amide bonds. The Labute approximate surface area is 107 Å². The molecule has 18 heavy (non-hydrogen) atoms. The molecular weight excluding hydrogens is 232 g/mol. The molecule has 0 radical (unpaired) electrons. The van der Waals surface area contributed by atoms with E-state index in [-0.39, 0.29) is 6.10 Å². The van der Waals surface area contributed by atoms with Gasteiger partial charge in [-0.15, -0.1) is 0 Å². The van der Waals surface area contributed by atoms with Gasteiger partial charge >= 0.3 is 0 Å². The second-order valence-corrected chi connectivity index (χ2v) is 4.39. The van der Waals surface area contributed by atoms with Gasteiger partial charge in [0, 0.05) is 19.8 Å². The number of hydrogen-bond donors (Lipinski definition) is 2. The smallest absolute Gasteiger partial charge is 0.160 e. The number of nitrogens with two attached hydrogens (primary N) is 1. The molecule has 1 unspecified atom stereocenters. The third-order valence-corrected chi connectivity index (χ3v) is 2.89. The highest BCUT2D eigenvalue weighted by molar-refractivity contribution is 5.34. The lowest BCUT2D eigenvalue weighted by Crippen LogP contribution is -2.16. The zero-order chi connectivity index (χ0) is 13.0. The average molecular weight is 252 g/mol. The summed E-state index contributed by atoms with van der Waals surface area (Å²) in [4.78, 5) is 8.88. The Kier molecular flexibility index (Phi) is 4.46. The number of nitrogen functional groups attached to an aromatic ring is 1. The molecule has 1 aliphatic carbocycles. The van der Waals surface area contributed by atoms with Gasteiger partial charge in [-0.3, -0.25) is 0 Å². The molecule has 6 heteroatoms. The monoisotopic (exact) mass is 252 g/mol. The van der Waals surface area contributed by atoms with Crippen molar-refractivity contribution in [3.63, 3.8) is 0 Å². The quantitative estimate of drug-likeness (QED) is 0.564. The topological polar surface area (TPSA) is 82.3 Å². The Morgan fingerprint density at radius 3 is 2.83 bits per heavy atom. The Morgan fingerprint density at radius 2 is 2.28 bits per heavy atom. The van der Waals surface area contributed by atoms with Crippen LogP contribution in [0.15, 0.2) is 6.07 Å². The number of rotatable bonds is 7. The van der Waals surface area contributed by atoms with Crippen LogP contribution in [0, 0.1) is 5.92 Å². The maximum atomic E-state index is 5.75. The van der Waals surface area contributed by atoms with E-state index in [1.54, 1.807) is 13.2 Å². The predicted molar refractivity (Wildman–Crippen MR) is 67.6 cm³/mol. The first-order valence-electron chi connectivity index (χ1n) is 6.23. The standard InChI is InChI=1S/C12H20N4O2/c1-3-18-11(8-4-5-8)12-14-9(7-17-2)6-10(15-12)16-13/h6,8,11H,3-5,7,13H2,1-2H3,(H,14,15,16). The van der Waals surface area contributed by atoms with Gasteiger partial charge < -0.3 is 14.9 Å². The second-order valence-electron chi connectivity index (χ2n) is 4.39. The van der Waals surface area contributed by atoms with E-state index in [1.807, 2.05) is 6.92 Å². The first-order chi connectivity index (χ1) is 8.78. The van der Waals surface area contributed by atoms with E-state index in [9.17, 15) is 0 Å². The summed E-state index contributed by atoms with van der Waals surface area (Å²) in [6.45, 7) is 3.08. The lowest BCUT2D eigenvalue weighted by Gasteiger charge is -2.16. The summed E-state index contributed by atoms with van der Waals surface area (Å²) in [6.07, 6.45) is 2.32. The molecule has 1 saturated carbocycles. The van der Waals surface area contributed by atoms with Gasteiger partial charge in [-0.1, -0.05) is 0 Å². The minimum Gasteiger partial charge on any atom is -0.378 e. The minimum absolute atomic E-state index is 0.0288. The molecule has 1 atom stereocenters. The van der Waals surface area contributed by atoms with Crippen LogP contribution >= 0.6 is 0 Å². The van der Waals surface area contributed by atoms with Gasteiger partial charge in [0.15, 0.2) is 5.82 Å². The molecule has 0 saturated heterocycles. The molecule has 100 valence electrons. The Morgan fingerprint density at radius 1 is 1.50 bits per heavy atom. The SMILES string of the molecule is CCOC(c1nc(COC)cc(NN)n1)C1CC1. The Balaban J connectivity index is 2.25. The molecule has 1 aromatic heterocycles. The molecule has 0 aliphatic heterocycles. The predicted octanol–water partition coefficient (Wildman–Crippen LogP) is 1.40. The zero-order valence-electron chi connectivity index (χ0n) is 10.8. The van der Waals surface area contributed by atoms with Crippen molar-refractivity contribution in [2.75, 3.05) is 19.1 Å². The summed E-state index contributed by atoms with van der Waals surface area (Å²) in [5.74, 6) is 7.25. The highest BCUT2D eigenvalue weighted by Gasteiger charge is 2.35. The van der Waals surface area contributed by atoms with Crippen molar-refractivity contribution in [2.45, 2.75) is 32.5 Å². The Bertz CT molecular complexity index is 396. The maximum absolute atomic E-state index is 5.75. The van der Waals surface area contributed by atoms with Crippen molar-refractivity contribution in [2.24, 2.45) is 11.8 Å². The number of aromatic nitrogens is 2. The number of methoxy groups -OCH3 is 1. The summed E-state index contributed by atoms with van der Waals surface area (Å²) in [7, 11) is 1.64. The van der Waals surface area contributed by atoms with Gasteiger partial charge in [-0.2, -0.15) is 0 Å². The number of ether oxygens (including phenoxy) is 2. The van der Waals surface area contributed by atoms with Crippen LogP contribution < -0.4 is 11.3 Å². The first kappa shape index (κ1) is 13.2. The van der Waals surface area contributed by atoms with E-state index >= 15 is 0 Å². The summed E-state index contributed by atoms with van der Waals surface area (Å²) in [5, 5.41) is 0. The van der Waals surface area contributed by atoms with Crippen molar-refractivity contribution >= 4 is 5.82 Å². The van der Waals surface area contributed by atoms with Crippen LogP contribution in [0.1, 0.15) is 37.4 Å². The minimum atomic E-state index is -0.0288. The molecule has 3 N–H and O–H groups in total. The molecule has 0 aromatic carbocycles. The van der Waals surface area contributed by atoms with Crippen LogP contribution in [0.3, 0.4) is 0 Å². The lowest BCUT2D eigenvalue weighted by molar-refractivity contribution is 0.0396. The van der Waals surface area contributed by atoms with Crippen LogP contribution in [0.5, 0.6) is 0 Å². The van der Waals surface area contributed by atoms with Crippen molar-refractivity contribution in [1.82, 2.24) is 9.97 Å². The third kappa shape index (κ3) is 3.16. The molecule has 0 spiro atoms. The summed E-state index contributed by atoms with van der Waals surface area (Å²) >= 11 is 0. The highest BCUT2D eigenvalue weighted by Crippen LogP contribution is 2.42. The number of anilines is 1. The third-order valence-electron chi connectivity index (χ3n) is 2.89. The van der Waals surface area contributed by atoms with Crippen molar-refractivity contribution in [1.29, 1.82) is 0 Å². The number of nitrogens with zero attached hydrogens (tertiary/aromatic N) is 2. The normalized spacial score (nSPS) is 16.6. The number of hydrazine groups is 1. The second kappa shape index (κ2) is 6.08. The number of hydrogen-bond acceptors (Lipinski definition) is 6. The van der Waals surface area contributed by atoms with Gasteiger partial charge in [-0.05, 0) is 25.7 Å². The first-order valence-corrected chi connectivity index (χ1v) is 6.23. The summed E-state index contributed by atoms with van der Waals surface area (Å²) in [5.41, 5.74) is 3.37. The van der Waals surface area contributed by atoms with E-state index in [2.05, 4.69) is 15.4 Å². The number of nitrogens with one attached hydrogen (secondary N) is 1. The molecule has 1 heterocycles. The van der Waals surface area contributed by atoms with Crippen LogP contribution in [-0.4, -0.2) is 23.7 Å². The largest absolute Gasteiger partial charge is 0.378 e. The van der Waals surface area contributed by atoms with Gasteiger partial charge in [0.25, 0.3) is 0 Å². The molecule has 2 rings (SSSR count). The summed E-state index contributed by atoms with van der Waals surface area (Å²) < 4.78 is 10.8. The zero-order valence-corrected chi connectivity index (χ0v) is 10.8. The van der Waals surface area contributed by atoms with Crippen LogP contribution in [-0.2, 0) is 16.1 Å². The van der Waals surface area contributed by atoms with E-state index in [0.29, 0.717) is 30.8 Å². The van der Waals surface area contributed by atoms with Crippen LogP contribution in [0.25, 0.3) is 0 Å². The lowest BCUT2D eigenvalue weighted by atomic mass is 10.2. The fourth-order valence-corrected chi connectivity index (χ4v) is 1.94. The molecule has 1 aromatic rings. The van der Waals surface area contributed by atoms with Crippen molar-refractivity contribution in [3.8, 4) is 0 Å². The van der Waals surface area contributed by atoms with Crippen LogP contribution in [0.2, 0.25) is 0 Å². The maximum Gasteiger partial charge on any atom is 0.160 e. The van der Waals surface area contributed by atoms with E-state index in [0.717, 1.165) is 5.69 Å². The molecule has 0 bridgehead atoms. The van der Waals surface area contributed by atoms with E-state index in [4.69, 9.17) is 15.3 Å². The molecule has 6 nitrogen and oxygen atoms in total. The highest BCUT2D eigenvalue weighted by atomic mass is 16.5. The van der Waals surface area contributed by atoms with Gasteiger partial charge in [0.1, 0.15) is 11.9 Å². The Hall–Kier alpha value is -1.24. The fraction of sp³-hybridized carbons (Fsp3) is 0.667. The molecule has 1 aliphatic rings. The van der Waals surface area contributed by atoms with Crippen LogP contribution in [0.4, 0.5) is 5.82 Å². The van der Waals surface area contributed by atoms with E-state index < -0.39 is 0 Å². The summed E-state index contributed by atoms with van der Waals surface area (Å²) in [6, 6.07) is 1.78.